The lowest BCUT2D eigenvalue weighted by molar-refractivity contribution is -0.142. The first-order chi connectivity index (χ1) is 19.3. The van der Waals surface area contributed by atoms with Crippen molar-refractivity contribution in [2.75, 3.05) is 24.5 Å². The van der Waals surface area contributed by atoms with Gasteiger partial charge in [0.2, 0.25) is 11.5 Å². The van der Waals surface area contributed by atoms with E-state index in [-0.39, 0.29) is 43.0 Å². The van der Waals surface area contributed by atoms with E-state index in [2.05, 4.69) is 4.90 Å². The van der Waals surface area contributed by atoms with Crippen molar-refractivity contribution in [1.29, 1.82) is 0 Å². The van der Waals surface area contributed by atoms with E-state index in [1.54, 1.807) is 0 Å². The van der Waals surface area contributed by atoms with Gasteiger partial charge >= 0.3 is 6.18 Å². The Morgan fingerprint density at radius 2 is 1.50 bits per heavy atom. The van der Waals surface area contributed by atoms with Gasteiger partial charge in [-0.2, -0.15) is 13.2 Å². The molecule has 13 heteroatoms. The molecule has 0 spiro atoms. The molecular formula is C29H30ClF6N3O3. The number of rotatable bonds is 9. The number of halogens is 7. The molecular weight excluding hydrogens is 588 g/mol. The smallest absolute Gasteiger partial charge is 0.371 e. The van der Waals surface area contributed by atoms with Crippen molar-refractivity contribution in [1.82, 2.24) is 4.90 Å². The normalized spacial score (nSPS) is 25.3. The number of fused-ring (bicyclic) bond motifs is 1. The molecule has 0 aromatic heterocycles. The van der Waals surface area contributed by atoms with Crippen LogP contribution in [0.1, 0.15) is 65.6 Å². The zero-order chi connectivity index (χ0) is 29.4. The van der Waals surface area contributed by atoms with Crippen LogP contribution in [0.25, 0.3) is 0 Å². The van der Waals surface area contributed by atoms with Gasteiger partial charge < -0.3 is 15.7 Å². The number of hydrogen-bond acceptors (Lipinski definition) is 4. The van der Waals surface area contributed by atoms with Crippen molar-refractivity contribution in [2.45, 2.75) is 56.3 Å². The van der Waals surface area contributed by atoms with Crippen molar-refractivity contribution in [3.8, 4) is 0 Å². The number of amides is 2. The molecule has 3 N–H and O–H groups in total. The number of primary amides is 1. The van der Waals surface area contributed by atoms with Crippen LogP contribution in [0.15, 0.2) is 24.3 Å². The zero-order valence-electron chi connectivity index (χ0n) is 22.4. The molecule has 3 saturated carbocycles. The molecule has 0 saturated heterocycles. The van der Waals surface area contributed by atoms with Gasteiger partial charge in [0.1, 0.15) is 17.5 Å². The molecule has 2 aromatic carbocycles. The van der Waals surface area contributed by atoms with Gasteiger partial charge in [-0.15, -0.1) is 12.4 Å². The molecule has 6 rings (SSSR count). The summed E-state index contributed by atoms with van der Waals surface area (Å²) in [6, 6.07) is 1.87. The summed E-state index contributed by atoms with van der Waals surface area (Å²) in [6.07, 6.45) is 0.811. The number of nitrogens with zero attached hydrogens (tertiary/aromatic N) is 2. The summed E-state index contributed by atoms with van der Waals surface area (Å²) < 4.78 is 86.6. The van der Waals surface area contributed by atoms with Crippen LogP contribution in [-0.2, 0) is 16.6 Å². The molecule has 6 nitrogen and oxygen atoms in total. The van der Waals surface area contributed by atoms with Crippen LogP contribution >= 0.6 is 12.4 Å². The predicted molar refractivity (Wildman–Crippen MR) is 142 cm³/mol. The van der Waals surface area contributed by atoms with Crippen LogP contribution in [0.2, 0.25) is 0 Å². The minimum atomic E-state index is -5.25. The Morgan fingerprint density at radius 3 is 1.98 bits per heavy atom. The van der Waals surface area contributed by atoms with Gasteiger partial charge in [-0.3, -0.25) is 14.5 Å². The number of nitrogens with two attached hydrogens (primary N) is 1. The third-order valence-electron chi connectivity index (χ3n) is 8.83. The third kappa shape index (κ3) is 5.37. The summed E-state index contributed by atoms with van der Waals surface area (Å²) in [6.45, 7) is 1.83. The molecule has 3 aliphatic carbocycles. The third-order valence-corrected chi connectivity index (χ3v) is 8.83. The highest BCUT2D eigenvalue weighted by Crippen LogP contribution is 2.52. The van der Waals surface area contributed by atoms with E-state index in [1.165, 1.54) is 25.7 Å². The molecule has 0 bridgehead atoms. The monoisotopic (exact) mass is 617 g/mol. The van der Waals surface area contributed by atoms with Gasteiger partial charge in [-0.25, -0.2) is 13.2 Å². The quantitative estimate of drug-likeness (QED) is 0.382. The number of aliphatic hydroxyl groups is 1. The lowest BCUT2D eigenvalue weighted by atomic mass is 9.78. The summed E-state index contributed by atoms with van der Waals surface area (Å²) in [7, 11) is 0. The summed E-state index contributed by atoms with van der Waals surface area (Å²) in [5.74, 6) is -6.30. The van der Waals surface area contributed by atoms with E-state index in [4.69, 9.17) is 5.73 Å². The fourth-order valence-corrected chi connectivity index (χ4v) is 6.34. The molecule has 4 aliphatic rings. The highest BCUT2D eigenvalue weighted by molar-refractivity contribution is 6.11. The number of alkyl halides is 3. The van der Waals surface area contributed by atoms with Crippen LogP contribution in [0.4, 0.5) is 32.0 Å². The summed E-state index contributed by atoms with van der Waals surface area (Å²) in [4.78, 5) is 29.1. The lowest BCUT2D eigenvalue weighted by Crippen LogP contribution is -2.51. The molecule has 3 fully saturated rings. The molecule has 42 heavy (non-hydrogen) atoms. The van der Waals surface area contributed by atoms with Gasteiger partial charge in [0, 0.05) is 48.9 Å². The van der Waals surface area contributed by atoms with Crippen molar-refractivity contribution >= 4 is 29.9 Å². The van der Waals surface area contributed by atoms with Gasteiger partial charge in [0.05, 0.1) is 16.8 Å². The first kappa shape index (κ1) is 30.6. The molecule has 1 heterocycles. The van der Waals surface area contributed by atoms with Gasteiger partial charge in [-0.05, 0) is 68.4 Å². The van der Waals surface area contributed by atoms with Crippen LogP contribution in [-0.4, -0.2) is 47.5 Å². The minimum absolute atomic E-state index is 0. The summed E-state index contributed by atoms with van der Waals surface area (Å²) in [5.41, 5.74) is -3.47. The van der Waals surface area contributed by atoms with E-state index in [9.17, 15) is 41.0 Å². The summed E-state index contributed by atoms with van der Waals surface area (Å²) >= 11 is 0. The van der Waals surface area contributed by atoms with Crippen LogP contribution < -0.4 is 10.6 Å². The maximum atomic E-state index is 15.0. The second kappa shape index (κ2) is 10.7. The molecule has 1 atom stereocenters. The number of anilines is 1. The Bertz CT molecular complexity index is 1390. The van der Waals surface area contributed by atoms with E-state index in [0.29, 0.717) is 30.7 Å². The van der Waals surface area contributed by atoms with Crippen molar-refractivity contribution in [2.24, 2.45) is 23.5 Å². The Labute approximate surface area is 244 Å². The Morgan fingerprint density at radius 1 is 0.952 bits per heavy atom. The Balaban J connectivity index is 0.00000353. The van der Waals surface area contributed by atoms with E-state index in [1.807, 2.05) is 0 Å². The van der Waals surface area contributed by atoms with E-state index < -0.39 is 69.0 Å². The maximum absolute atomic E-state index is 15.0. The molecule has 1 aliphatic heterocycles. The van der Waals surface area contributed by atoms with Crippen LogP contribution in [0.3, 0.4) is 0 Å². The minimum Gasteiger partial charge on any atom is -0.371 e. The number of hydrogen-bond donors (Lipinski definition) is 2. The fraction of sp³-hybridized carbons (Fsp3) is 0.517. The van der Waals surface area contributed by atoms with Gasteiger partial charge in [-0.1, -0.05) is 0 Å². The molecule has 2 aromatic rings. The number of carbonyl (C=O) groups excluding carboxylic acids is 2. The Hall–Kier alpha value is -2.83. The highest BCUT2D eigenvalue weighted by Gasteiger charge is 2.58. The number of benzene rings is 2. The maximum Gasteiger partial charge on any atom is 0.416 e. The second-order valence-corrected chi connectivity index (χ2v) is 12.0. The number of carbonyl (C=O) groups is 2. The standard InChI is InChI=1S/C29H29F6N3O3.ClH/c30-18-9-21(31)25(22(32)10-18)28(41)24-20(29(33,34)35)7-17(26(36)39)8-23(24)38(27(28)40)13-16-5-19(6-16)37(11-14-1-2-14)12-15-3-4-15;/h7-10,14-16,19,41H,1-6,11-13H2,(H2,36,39);1H. The topological polar surface area (TPSA) is 86.9 Å². The molecule has 0 radical (unpaired) electrons. The zero-order valence-corrected chi connectivity index (χ0v) is 23.2. The molecule has 228 valence electrons. The first-order valence-electron chi connectivity index (χ1n) is 13.8. The van der Waals surface area contributed by atoms with Crippen LogP contribution in [0.5, 0.6) is 0 Å². The van der Waals surface area contributed by atoms with Crippen LogP contribution in [0, 0.1) is 35.2 Å². The van der Waals surface area contributed by atoms with Crippen molar-refractivity contribution < 1.29 is 41.0 Å². The van der Waals surface area contributed by atoms with Crippen molar-refractivity contribution in [3.63, 3.8) is 0 Å². The largest absolute Gasteiger partial charge is 0.416 e. The first-order valence-corrected chi connectivity index (χ1v) is 13.8. The SMILES string of the molecule is Cl.NC(=O)c1cc2c(c(C(F)(F)F)c1)C(O)(c1c(F)cc(F)cc1F)C(=O)N2CC1CC(N(CC2CC2)CC2CC2)C1. The fourth-order valence-electron chi connectivity index (χ4n) is 6.34. The van der Waals surface area contributed by atoms with Gasteiger partial charge in [0.15, 0.2) is 0 Å². The average Bonchev–Trinajstić information content (AvgIpc) is 3.77. The molecule has 2 amide bonds. The lowest BCUT2D eigenvalue weighted by Gasteiger charge is -2.44. The Kier molecular flexibility index (Phi) is 7.81. The average molecular weight is 618 g/mol. The highest BCUT2D eigenvalue weighted by atomic mass is 35.5. The van der Waals surface area contributed by atoms with Crippen molar-refractivity contribution in [3.05, 3.63) is 64.0 Å². The predicted octanol–water partition coefficient (Wildman–Crippen LogP) is 5.13. The summed E-state index contributed by atoms with van der Waals surface area (Å²) in [5, 5.41) is 11.6. The molecule has 1 unspecified atom stereocenters. The van der Waals surface area contributed by atoms with E-state index >= 15 is 0 Å². The second-order valence-electron chi connectivity index (χ2n) is 12.0. The van der Waals surface area contributed by atoms with E-state index in [0.717, 1.165) is 24.1 Å². The van der Waals surface area contributed by atoms with Gasteiger partial charge in [0.25, 0.3) is 5.91 Å².